The first-order valence-electron chi connectivity index (χ1n) is 6.63. The third-order valence-corrected chi connectivity index (χ3v) is 4.59. The van der Waals surface area contributed by atoms with Crippen LogP contribution in [0.5, 0.6) is 0 Å². The lowest BCUT2D eigenvalue weighted by atomic mass is 10.2. The van der Waals surface area contributed by atoms with E-state index in [2.05, 4.69) is 4.90 Å². The van der Waals surface area contributed by atoms with Gasteiger partial charge in [-0.15, -0.1) is 0 Å². The number of anilines is 2. The zero-order valence-electron chi connectivity index (χ0n) is 10.3. The van der Waals surface area contributed by atoms with Crippen LogP contribution in [-0.2, 0) is 0 Å². The van der Waals surface area contributed by atoms with E-state index in [1.165, 1.54) is 25.7 Å². The number of nitrogens with zero attached hydrogens (tertiary/aromatic N) is 1. The molecule has 0 aromatic heterocycles. The SMILES string of the molecule is Nc1cc(I)c(F)cc1N(CC1CC1)CC1CC1. The van der Waals surface area contributed by atoms with Crippen LogP contribution in [0.2, 0.25) is 0 Å². The lowest BCUT2D eigenvalue weighted by molar-refractivity contribution is 0.616. The van der Waals surface area contributed by atoms with Crippen molar-refractivity contribution in [3.8, 4) is 0 Å². The first-order chi connectivity index (χ1) is 8.63. The summed E-state index contributed by atoms with van der Waals surface area (Å²) in [6, 6.07) is 3.36. The third kappa shape index (κ3) is 2.90. The van der Waals surface area contributed by atoms with Crippen LogP contribution in [0.15, 0.2) is 12.1 Å². The molecule has 0 unspecified atom stereocenters. The van der Waals surface area contributed by atoms with Crippen LogP contribution in [0.3, 0.4) is 0 Å². The van der Waals surface area contributed by atoms with Gasteiger partial charge in [0.25, 0.3) is 0 Å². The Kier molecular flexibility index (Phi) is 3.38. The summed E-state index contributed by atoms with van der Waals surface area (Å²) in [5.41, 5.74) is 7.68. The van der Waals surface area contributed by atoms with E-state index in [-0.39, 0.29) is 5.82 Å². The van der Waals surface area contributed by atoms with E-state index in [9.17, 15) is 4.39 Å². The number of hydrogen-bond acceptors (Lipinski definition) is 2. The van der Waals surface area contributed by atoms with Gasteiger partial charge in [0.05, 0.1) is 14.9 Å². The van der Waals surface area contributed by atoms with E-state index >= 15 is 0 Å². The highest BCUT2D eigenvalue weighted by atomic mass is 127. The van der Waals surface area contributed by atoms with Gasteiger partial charge >= 0.3 is 0 Å². The van der Waals surface area contributed by atoms with Gasteiger partial charge in [-0.3, -0.25) is 0 Å². The molecular formula is C14H18FIN2. The minimum absolute atomic E-state index is 0.156. The molecule has 1 aromatic carbocycles. The van der Waals surface area contributed by atoms with E-state index in [0.717, 1.165) is 30.6 Å². The van der Waals surface area contributed by atoms with Gasteiger partial charge in [0.2, 0.25) is 0 Å². The Hall–Kier alpha value is -0.520. The molecule has 3 rings (SSSR count). The molecule has 0 bridgehead atoms. The van der Waals surface area contributed by atoms with Crippen molar-refractivity contribution in [1.29, 1.82) is 0 Å². The summed E-state index contributed by atoms with van der Waals surface area (Å²) in [6.07, 6.45) is 5.25. The van der Waals surface area contributed by atoms with Crippen molar-refractivity contribution in [2.75, 3.05) is 23.7 Å². The van der Waals surface area contributed by atoms with Crippen molar-refractivity contribution in [2.45, 2.75) is 25.7 Å². The Morgan fingerprint density at radius 3 is 2.22 bits per heavy atom. The maximum Gasteiger partial charge on any atom is 0.138 e. The van der Waals surface area contributed by atoms with Gasteiger partial charge < -0.3 is 10.6 Å². The van der Waals surface area contributed by atoms with E-state index in [4.69, 9.17) is 5.73 Å². The quantitative estimate of drug-likeness (QED) is 0.642. The summed E-state index contributed by atoms with van der Waals surface area (Å²) in [6.45, 7) is 2.08. The van der Waals surface area contributed by atoms with Crippen molar-refractivity contribution in [3.05, 3.63) is 21.5 Å². The van der Waals surface area contributed by atoms with Crippen molar-refractivity contribution in [1.82, 2.24) is 0 Å². The summed E-state index contributed by atoms with van der Waals surface area (Å²) in [4.78, 5) is 2.31. The first-order valence-corrected chi connectivity index (χ1v) is 7.71. The fourth-order valence-corrected chi connectivity index (χ4v) is 2.81. The van der Waals surface area contributed by atoms with Crippen LogP contribution < -0.4 is 10.6 Å². The molecule has 18 heavy (non-hydrogen) atoms. The number of nitrogens with two attached hydrogens (primary N) is 1. The Bertz CT molecular complexity index is 441. The molecule has 0 atom stereocenters. The second-order valence-electron chi connectivity index (χ2n) is 5.62. The summed E-state index contributed by atoms with van der Waals surface area (Å²) >= 11 is 1.99. The van der Waals surface area contributed by atoms with E-state index in [0.29, 0.717) is 9.26 Å². The van der Waals surface area contributed by atoms with Gasteiger partial charge in [0.15, 0.2) is 0 Å². The Labute approximate surface area is 121 Å². The second-order valence-corrected chi connectivity index (χ2v) is 6.78. The summed E-state index contributed by atoms with van der Waals surface area (Å²) in [7, 11) is 0. The Morgan fingerprint density at radius 1 is 1.17 bits per heavy atom. The average molecular weight is 360 g/mol. The third-order valence-electron chi connectivity index (χ3n) is 3.76. The smallest absolute Gasteiger partial charge is 0.138 e. The predicted octanol–water partition coefficient (Wildman–Crippen LogP) is 3.64. The maximum absolute atomic E-state index is 13.7. The summed E-state index contributed by atoms with van der Waals surface area (Å²) in [5.74, 6) is 1.44. The first kappa shape index (κ1) is 12.5. The molecule has 0 saturated heterocycles. The van der Waals surface area contributed by atoms with Crippen molar-refractivity contribution < 1.29 is 4.39 Å². The zero-order chi connectivity index (χ0) is 12.7. The molecule has 0 heterocycles. The monoisotopic (exact) mass is 360 g/mol. The van der Waals surface area contributed by atoms with Crippen molar-refractivity contribution in [2.24, 2.45) is 11.8 Å². The Balaban J connectivity index is 1.84. The normalized spacial score (nSPS) is 19.0. The van der Waals surface area contributed by atoms with Gasteiger partial charge in [-0.25, -0.2) is 4.39 Å². The summed E-state index contributed by atoms with van der Waals surface area (Å²) in [5, 5.41) is 0. The number of nitrogen functional groups attached to an aromatic ring is 1. The molecule has 2 N–H and O–H groups in total. The molecule has 0 spiro atoms. The average Bonchev–Trinajstić information content (AvgIpc) is 3.17. The molecule has 1 aromatic rings. The highest BCUT2D eigenvalue weighted by Gasteiger charge is 2.30. The maximum atomic E-state index is 13.7. The van der Waals surface area contributed by atoms with Gasteiger partial charge in [-0.1, -0.05) is 0 Å². The van der Waals surface area contributed by atoms with Crippen LogP contribution in [0.25, 0.3) is 0 Å². The van der Waals surface area contributed by atoms with Crippen LogP contribution in [0, 0.1) is 21.2 Å². The number of rotatable bonds is 5. The zero-order valence-corrected chi connectivity index (χ0v) is 12.5. The number of benzene rings is 1. The molecule has 2 aliphatic rings. The largest absolute Gasteiger partial charge is 0.397 e. The van der Waals surface area contributed by atoms with Crippen LogP contribution in [0.1, 0.15) is 25.7 Å². The highest BCUT2D eigenvalue weighted by molar-refractivity contribution is 14.1. The fourth-order valence-electron chi connectivity index (χ4n) is 2.32. The van der Waals surface area contributed by atoms with E-state index in [1.54, 1.807) is 12.1 Å². The minimum Gasteiger partial charge on any atom is -0.397 e. The van der Waals surface area contributed by atoms with Crippen molar-refractivity contribution >= 4 is 34.0 Å². The molecule has 2 aliphatic carbocycles. The molecule has 0 aliphatic heterocycles. The number of halogens is 2. The molecule has 0 radical (unpaired) electrons. The van der Waals surface area contributed by atoms with Crippen LogP contribution >= 0.6 is 22.6 Å². The minimum atomic E-state index is -0.156. The van der Waals surface area contributed by atoms with Crippen molar-refractivity contribution in [3.63, 3.8) is 0 Å². The lowest BCUT2D eigenvalue weighted by Gasteiger charge is -2.26. The molecule has 2 saturated carbocycles. The molecule has 2 fully saturated rings. The predicted molar refractivity (Wildman–Crippen MR) is 81.2 cm³/mol. The van der Waals surface area contributed by atoms with Gasteiger partial charge in [0, 0.05) is 19.2 Å². The second kappa shape index (κ2) is 4.87. The van der Waals surface area contributed by atoms with E-state index in [1.807, 2.05) is 22.6 Å². The molecule has 98 valence electrons. The van der Waals surface area contributed by atoms with Gasteiger partial charge in [0.1, 0.15) is 5.82 Å². The standard InChI is InChI=1S/C14H18FIN2/c15-11-5-14(13(17)6-12(11)16)18(7-9-1-2-9)8-10-3-4-10/h5-6,9-10H,1-4,7-8,17H2. The van der Waals surface area contributed by atoms with Crippen LogP contribution in [-0.4, -0.2) is 13.1 Å². The Morgan fingerprint density at radius 2 is 1.72 bits per heavy atom. The van der Waals surface area contributed by atoms with E-state index < -0.39 is 0 Å². The highest BCUT2D eigenvalue weighted by Crippen LogP contribution is 2.38. The van der Waals surface area contributed by atoms with Crippen LogP contribution in [0.4, 0.5) is 15.8 Å². The fraction of sp³-hybridized carbons (Fsp3) is 0.571. The van der Waals surface area contributed by atoms with Gasteiger partial charge in [-0.05, 0) is 66.2 Å². The molecule has 2 nitrogen and oxygen atoms in total. The topological polar surface area (TPSA) is 29.3 Å². The molecule has 0 amide bonds. The lowest BCUT2D eigenvalue weighted by Crippen LogP contribution is -2.29. The van der Waals surface area contributed by atoms with Gasteiger partial charge in [-0.2, -0.15) is 0 Å². The molecule has 4 heteroatoms. The number of hydrogen-bond donors (Lipinski definition) is 1. The molecular weight excluding hydrogens is 342 g/mol. The summed E-state index contributed by atoms with van der Waals surface area (Å²) < 4.78 is 14.3.